The van der Waals surface area contributed by atoms with E-state index in [4.69, 9.17) is 19.5 Å². The highest BCUT2D eigenvalue weighted by Crippen LogP contribution is 2.31. The Bertz CT molecular complexity index is 1510. The molecule has 2 N–H and O–H groups in total. The summed E-state index contributed by atoms with van der Waals surface area (Å²) in [5.41, 5.74) is 0.808. The smallest absolute Gasteiger partial charge is 0.407 e. The average molecular weight is 599 g/mol. The van der Waals surface area contributed by atoms with Gasteiger partial charge in [-0.2, -0.15) is 5.26 Å². The molecule has 10 nitrogen and oxygen atoms in total. The van der Waals surface area contributed by atoms with Crippen LogP contribution in [0.15, 0.2) is 66.7 Å². The van der Waals surface area contributed by atoms with E-state index >= 15 is 0 Å². The molecule has 0 aromatic heterocycles. The van der Waals surface area contributed by atoms with E-state index in [0.717, 1.165) is 0 Å². The zero-order valence-corrected chi connectivity index (χ0v) is 25.7. The quantitative estimate of drug-likeness (QED) is 0.306. The van der Waals surface area contributed by atoms with Crippen molar-refractivity contribution in [1.82, 2.24) is 15.5 Å². The van der Waals surface area contributed by atoms with Gasteiger partial charge in [0.25, 0.3) is 11.8 Å². The first-order valence-corrected chi connectivity index (χ1v) is 14.5. The Hall–Kier alpha value is -5.04. The van der Waals surface area contributed by atoms with Crippen molar-refractivity contribution in [2.24, 2.45) is 0 Å². The van der Waals surface area contributed by atoms with Crippen LogP contribution in [0.1, 0.15) is 72.7 Å². The lowest BCUT2D eigenvalue weighted by Gasteiger charge is -2.30. The predicted molar refractivity (Wildman–Crippen MR) is 165 cm³/mol. The van der Waals surface area contributed by atoms with Crippen LogP contribution in [0.5, 0.6) is 23.0 Å². The summed E-state index contributed by atoms with van der Waals surface area (Å²) < 4.78 is 17.5. The third kappa shape index (κ3) is 9.23. The van der Waals surface area contributed by atoms with Gasteiger partial charge in [-0.05, 0) is 107 Å². The van der Waals surface area contributed by atoms with Crippen molar-refractivity contribution in [3.63, 3.8) is 0 Å². The molecule has 4 rings (SSSR count). The van der Waals surface area contributed by atoms with Gasteiger partial charge in [0.15, 0.2) is 0 Å². The molecule has 1 aliphatic rings. The number of alkyl carbamates (subject to hydrolysis) is 1. The zero-order chi connectivity index (χ0) is 31.9. The van der Waals surface area contributed by atoms with E-state index in [1.54, 1.807) is 80.8 Å². The zero-order valence-electron chi connectivity index (χ0n) is 25.7. The molecule has 0 saturated heterocycles. The fraction of sp³-hybridized carbons (Fsp3) is 0.353. The van der Waals surface area contributed by atoms with Gasteiger partial charge < -0.3 is 29.7 Å². The van der Waals surface area contributed by atoms with Crippen molar-refractivity contribution in [2.75, 3.05) is 14.1 Å². The molecule has 10 heteroatoms. The number of carbonyl (C=O) groups excluding carboxylic acids is 3. The molecule has 3 amide bonds. The van der Waals surface area contributed by atoms with Crippen LogP contribution < -0.4 is 20.1 Å². The Morgan fingerprint density at radius 3 is 1.73 bits per heavy atom. The van der Waals surface area contributed by atoms with Crippen molar-refractivity contribution in [3.05, 3.63) is 83.4 Å². The van der Waals surface area contributed by atoms with Crippen LogP contribution in [0.2, 0.25) is 0 Å². The van der Waals surface area contributed by atoms with Crippen LogP contribution in [0.4, 0.5) is 4.79 Å². The molecule has 0 radical (unpaired) electrons. The minimum Gasteiger partial charge on any atom is -0.457 e. The van der Waals surface area contributed by atoms with Crippen LogP contribution in [0, 0.1) is 11.3 Å². The molecular weight excluding hydrogens is 560 g/mol. The number of amides is 3. The second kappa shape index (κ2) is 14.0. The van der Waals surface area contributed by atoms with Crippen LogP contribution >= 0.6 is 0 Å². The molecule has 0 heterocycles. The molecule has 44 heavy (non-hydrogen) atoms. The number of rotatable bonds is 8. The minimum absolute atomic E-state index is 0.0124. The molecule has 0 atom stereocenters. The SMILES string of the molecule is CN(C)C(=O)c1ccc(Oc2cc(Oc3ccc(C#N)cc3)cc(C(=O)NC3CCC(NC(=O)OC(C)(C)C)CC3)c2)cc1. The first-order chi connectivity index (χ1) is 20.9. The van der Waals surface area contributed by atoms with Crippen molar-refractivity contribution in [1.29, 1.82) is 5.26 Å². The van der Waals surface area contributed by atoms with Gasteiger partial charge in [0.2, 0.25) is 0 Å². The molecule has 230 valence electrons. The minimum atomic E-state index is -0.565. The van der Waals surface area contributed by atoms with Crippen molar-refractivity contribution < 1.29 is 28.6 Å². The number of hydrogen-bond donors (Lipinski definition) is 2. The number of benzene rings is 3. The van der Waals surface area contributed by atoms with E-state index in [-0.39, 0.29) is 23.9 Å². The van der Waals surface area contributed by atoms with E-state index in [9.17, 15) is 14.4 Å². The maximum absolute atomic E-state index is 13.4. The normalized spacial score (nSPS) is 16.2. The molecular formula is C34H38N4O6. The molecule has 3 aromatic carbocycles. The van der Waals surface area contributed by atoms with Gasteiger partial charge in [-0.1, -0.05) is 0 Å². The molecule has 0 bridgehead atoms. The maximum Gasteiger partial charge on any atom is 0.407 e. The summed E-state index contributed by atoms with van der Waals surface area (Å²) in [7, 11) is 3.37. The molecule has 0 aliphatic heterocycles. The summed E-state index contributed by atoms with van der Waals surface area (Å²) in [5.74, 6) is 1.33. The summed E-state index contributed by atoms with van der Waals surface area (Å²) in [6.45, 7) is 5.47. The van der Waals surface area contributed by atoms with Gasteiger partial charge >= 0.3 is 6.09 Å². The highest BCUT2D eigenvalue weighted by molar-refractivity contribution is 5.95. The summed E-state index contributed by atoms with van der Waals surface area (Å²) >= 11 is 0. The Kier molecular flexibility index (Phi) is 10.1. The molecule has 1 aliphatic carbocycles. The van der Waals surface area contributed by atoms with Crippen LogP contribution in [-0.4, -0.2) is 54.6 Å². The third-order valence-corrected chi connectivity index (χ3v) is 6.89. The number of nitriles is 1. The number of hydrogen-bond acceptors (Lipinski definition) is 7. The van der Waals surface area contributed by atoms with E-state index in [0.29, 0.717) is 65.4 Å². The van der Waals surface area contributed by atoms with Gasteiger partial charge in [0.05, 0.1) is 11.6 Å². The number of carbonyl (C=O) groups is 3. The van der Waals surface area contributed by atoms with Crippen molar-refractivity contribution in [2.45, 2.75) is 64.1 Å². The largest absolute Gasteiger partial charge is 0.457 e. The lowest BCUT2D eigenvalue weighted by molar-refractivity contribution is 0.0487. The first kappa shape index (κ1) is 31.9. The summed E-state index contributed by atoms with van der Waals surface area (Å²) in [5, 5.41) is 15.1. The Morgan fingerprint density at radius 2 is 1.25 bits per heavy atom. The number of nitrogens with one attached hydrogen (secondary N) is 2. The van der Waals surface area contributed by atoms with Gasteiger partial charge in [0, 0.05) is 43.4 Å². The first-order valence-electron chi connectivity index (χ1n) is 14.5. The second-order valence-electron chi connectivity index (χ2n) is 11.9. The molecule has 3 aromatic rings. The highest BCUT2D eigenvalue weighted by Gasteiger charge is 2.26. The molecule has 0 spiro atoms. The maximum atomic E-state index is 13.4. The van der Waals surface area contributed by atoms with Crippen molar-refractivity contribution in [3.8, 4) is 29.1 Å². The lowest BCUT2D eigenvalue weighted by Crippen LogP contribution is -2.45. The lowest BCUT2D eigenvalue weighted by atomic mass is 9.91. The highest BCUT2D eigenvalue weighted by atomic mass is 16.6. The van der Waals surface area contributed by atoms with Gasteiger partial charge in [-0.15, -0.1) is 0 Å². The standard InChI is InChI=1S/C34H38N4O6/c1-34(2,3)44-33(41)37-26-12-10-25(11-13-26)36-31(39)24-18-29(42-27-14-6-22(21-35)7-15-27)20-30(19-24)43-28-16-8-23(9-17-28)32(40)38(4)5/h6-9,14-20,25-26H,10-13H2,1-5H3,(H,36,39)(H,37,41). The molecule has 1 saturated carbocycles. The topological polar surface area (TPSA) is 130 Å². The van der Waals surface area contributed by atoms with Gasteiger partial charge in [-0.25, -0.2) is 4.79 Å². The van der Waals surface area contributed by atoms with Gasteiger partial charge in [0.1, 0.15) is 28.6 Å². The average Bonchev–Trinajstić information content (AvgIpc) is 2.97. The van der Waals surface area contributed by atoms with E-state index in [1.165, 1.54) is 4.90 Å². The Morgan fingerprint density at radius 1 is 0.750 bits per heavy atom. The van der Waals surface area contributed by atoms with Gasteiger partial charge in [-0.3, -0.25) is 9.59 Å². The Labute approximate surface area is 257 Å². The fourth-order valence-corrected chi connectivity index (χ4v) is 4.74. The third-order valence-electron chi connectivity index (χ3n) is 6.89. The fourth-order valence-electron chi connectivity index (χ4n) is 4.74. The second-order valence-corrected chi connectivity index (χ2v) is 11.9. The number of nitrogens with zero attached hydrogens (tertiary/aromatic N) is 2. The summed E-state index contributed by atoms with van der Waals surface area (Å²) in [6, 6.07) is 20.3. The molecule has 1 fully saturated rings. The summed E-state index contributed by atoms with van der Waals surface area (Å²) in [6.07, 6.45) is 2.40. The van der Waals surface area contributed by atoms with Crippen LogP contribution in [0.25, 0.3) is 0 Å². The van der Waals surface area contributed by atoms with Crippen molar-refractivity contribution >= 4 is 17.9 Å². The molecule has 0 unspecified atom stereocenters. The van der Waals surface area contributed by atoms with E-state index in [2.05, 4.69) is 16.7 Å². The van der Waals surface area contributed by atoms with E-state index in [1.807, 2.05) is 20.8 Å². The Balaban J connectivity index is 1.47. The van der Waals surface area contributed by atoms with Crippen LogP contribution in [0.3, 0.4) is 0 Å². The predicted octanol–water partition coefficient (Wildman–Crippen LogP) is 6.41. The van der Waals surface area contributed by atoms with E-state index < -0.39 is 11.7 Å². The summed E-state index contributed by atoms with van der Waals surface area (Å²) in [4.78, 5) is 39.3. The monoisotopic (exact) mass is 598 g/mol. The van der Waals surface area contributed by atoms with Crippen LogP contribution in [-0.2, 0) is 4.74 Å². The number of ether oxygens (including phenoxy) is 3.